The van der Waals surface area contributed by atoms with Crippen LogP contribution in [-0.4, -0.2) is 0 Å². The van der Waals surface area contributed by atoms with Crippen molar-refractivity contribution >= 4 is 5.69 Å². The fourth-order valence-electron chi connectivity index (χ4n) is 1.50. The van der Waals surface area contributed by atoms with Crippen molar-refractivity contribution < 1.29 is 9.13 Å². The van der Waals surface area contributed by atoms with Crippen LogP contribution >= 0.6 is 0 Å². The first-order chi connectivity index (χ1) is 8.15. The molecule has 0 aromatic heterocycles. The van der Waals surface area contributed by atoms with E-state index in [4.69, 9.17) is 10.5 Å². The molecule has 0 unspecified atom stereocenters. The van der Waals surface area contributed by atoms with Crippen LogP contribution in [0.5, 0.6) is 5.75 Å². The third kappa shape index (κ3) is 2.97. The quantitative estimate of drug-likeness (QED) is 0.822. The molecule has 0 bridgehead atoms. The highest BCUT2D eigenvalue weighted by molar-refractivity contribution is 5.50. The Bertz CT molecular complexity index is 525. The number of ether oxygens (including phenoxy) is 1. The molecule has 2 aromatic rings. The van der Waals surface area contributed by atoms with Crippen molar-refractivity contribution in [3.8, 4) is 5.75 Å². The Morgan fingerprint density at radius 3 is 2.71 bits per heavy atom. The predicted molar refractivity (Wildman–Crippen MR) is 66.3 cm³/mol. The van der Waals surface area contributed by atoms with E-state index in [-0.39, 0.29) is 5.82 Å². The van der Waals surface area contributed by atoms with Crippen LogP contribution in [0, 0.1) is 12.7 Å². The first kappa shape index (κ1) is 11.5. The normalized spacial score (nSPS) is 10.2. The van der Waals surface area contributed by atoms with Crippen molar-refractivity contribution in [1.82, 2.24) is 0 Å². The summed E-state index contributed by atoms with van der Waals surface area (Å²) in [6.07, 6.45) is 0. The SMILES string of the molecule is Cc1ccc(OCc2cccc(F)c2)cc1N. The second-order valence-corrected chi connectivity index (χ2v) is 3.94. The number of hydrogen-bond donors (Lipinski definition) is 1. The number of anilines is 1. The third-order valence-electron chi connectivity index (χ3n) is 2.55. The van der Waals surface area contributed by atoms with Crippen molar-refractivity contribution in [2.75, 3.05) is 5.73 Å². The Morgan fingerprint density at radius 2 is 2.00 bits per heavy atom. The minimum absolute atomic E-state index is 0.255. The molecule has 3 heteroatoms. The maximum absolute atomic E-state index is 12.9. The van der Waals surface area contributed by atoms with Gasteiger partial charge in [0.1, 0.15) is 18.2 Å². The molecule has 0 aliphatic rings. The fourth-order valence-corrected chi connectivity index (χ4v) is 1.50. The molecule has 2 aromatic carbocycles. The highest BCUT2D eigenvalue weighted by Gasteiger charge is 1.99. The molecule has 0 aliphatic heterocycles. The molecule has 17 heavy (non-hydrogen) atoms. The summed E-state index contributed by atoms with van der Waals surface area (Å²) in [6.45, 7) is 2.27. The van der Waals surface area contributed by atoms with E-state index < -0.39 is 0 Å². The van der Waals surface area contributed by atoms with Crippen LogP contribution in [0.1, 0.15) is 11.1 Å². The summed E-state index contributed by atoms with van der Waals surface area (Å²) in [5, 5.41) is 0. The van der Waals surface area contributed by atoms with Gasteiger partial charge in [-0.2, -0.15) is 0 Å². The second-order valence-electron chi connectivity index (χ2n) is 3.94. The van der Waals surface area contributed by atoms with Gasteiger partial charge < -0.3 is 10.5 Å². The molecule has 0 fully saturated rings. The molecule has 0 atom stereocenters. The third-order valence-corrected chi connectivity index (χ3v) is 2.55. The summed E-state index contributed by atoms with van der Waals surface area (Å²) < 4.78 is 18.5. The molecule has 0 saturated heterocycles. The number of halogens is 1. The van der Waals surface area contributed by atoms with Crippen LogP contribution in [0.25, 0.3) is 0 Å². The summed E-state index contributed by atoms with van der Waals surface area (Å²) in [7, 11) is 0. The van der Waals surface area contributed by atoms with Gasteiger partial charge in [0.15, 0.2) is 0 Å². The lowest BCUT2D eigenvalue weighted by molar-refractivity contribution is 0.305. The Hall–Kier alpha value is -2.03. The van der Waals surface area contributed by atoms with Gasteiger partial charge in [-0.25, -0.2) is 4.39 Å². The van der Waals surface area contributed by atoms with Crippen molar-refractivity contribution in [2.24, 2.45) is 0 Å². The van der Waals surface area contributed by atoms with Crippen LogP contribution in [0.2, 0.25) is 0 Å². The Balaban J connectivity index is 2.05. The van der Waals surface area contributed by atoms with E-state index in [2.05, 4.69) is 0 Å². The van der Waals surface area contributed by atoms with Gasteiger partial charge in [0.25, 0.3) is 0 Å². The van der Waals surface area contributed by atoms with Crippen LogP contribution in [-0.2, 0) is 6.61 Å². The van der Waals surface area contributed by atoms with Crippen LogP contribution in [0.3, 0.4) is 0 Å². The number of rotatable bonds is 3. The largest absolute Gasteiger partial charge is 0.489 e. The average molecular weight is 231 g/mol. The predicted octanol–water partition coefficient (Wildman–Crippen LogP) is 3.30. The van der Waals surface area contributed by atoms with E-state index in [9.17, 15) is 4.39 Å². The molecule has 2 rings (SSSR count). The van der Waals surface area contributed by atoms with Gasteiger partial charge in [0.2, 0.25) is 0 Å². The lowest BCUT2D eigenvalue weighted by atomic mass is 10.2. The zero-order chi connectivity index (χ0) is 12.3. The lowest BCUT2D eigenvalue weighted by Gasteiger charge is -2.08. The molecule has 2 N–H and O–H groups in total. The van der Waals surface area contributed by atoms with Gasteiger partial charge in [0.05, 0.1) is 0 Å². The zero-order valence-electron chi connectivity index (χ0n) is 9.61. The smallest absolute Gasteiger partial charge is 0.123 e. The standard InChI is InChI=1S/C14H14FNO/c1-10-5-6-13(8-14(10)16)17-9-11-3-2-4-12(15)7-11/h2-8H,9,16H2,1H3. The van der Waals surface area contributed by atoms with Gasteiger partial charge in [-0.3, -0.25) is 0 Å². The number of nitrogens with two attached hydrogens (primary N) is 1. The van der Waals surface area contributed by atoms with Gasteiger partial charge in [-0.15, -0.1) is 0 Å². The average Bonchev–Trinajstić information content (AvgIpc) is 2.31. The monoisotopic (exact) mass is 231 g/mol. The molecule has 0 aliphatic carbocycles. The van der Waals surface area contributed by atoms with Gasteiger partial charge in [-0.1, -0.05) is 18.2 Å². The van der Waals surface area contributed by atoms with E-state index >= 15 is 0 Å². The van der Waals surface area contributed by atoms with E-state index in [1.807, 2.05) is 25.1 Å². The van der Waals surface area contributed by atoms with Crippen molar-refractivity contribution in [3.63, 3.8) is 0 Å². The molecule has 0 saturated carbocycles. The highest BCUT2D eigenvalue weighted by Crippen LogP contribution is 2.20. The molecule has 88 valence electrons. The number of hydrogen-bond acceptors (Lipinski definition) is 2. The summed E-state index contributed by atoms with van der Waals surface area (Å²) >= 11 is 0. The van der Waals surface area contributed by atoms with Crippen molar-refractivity contribution in [1.29, 1.82) is 0 Å². The van der Waals surface area contributed by atoms with E-state index in [0.717, 1.165) is 11.1 Å². The first-order valence-electron chi connectivity index (χ1n) is 5.38. The minimum Gasteiger partial charge on any atom is -0.489 e. The second kappa shape index (κ2) is 4.87. The summed E-state index contributed by atoms with van der Waals surface area (Å²) in [5.41, 5.74) is 8.28. The summed E-state index contributed by atoms with van der Waals surface area (Å²) in [6, 6.07) is 11.9. The van der Waals surface area contributed by atoms with E-state index in [1.54, 1.807) is 12.1 Å². The zero-order valence-corrected chi connectivity index (χ0v) is 9.61. The fraction of sp³-hybridized carbons (Fsp3) is 0.143. The number of benzene rings is 2. The minimum atomic E-state index is -0.255. The molecule has 0 heterocycles. The Morgan fingerprint density at radius 1 is 1.18 bits per heavy atom. The molecular weight excluding hydrogens is 217 g/mol. The summed E-state index contributed by atoms with van der Waals surface area (Å²) in [4.78, 5) is 0. The van der Waals surface area contributed by atoms with Gasteiger partial charge in [0, 0.05) is 11.8 Å². The topological polar surface area (TPSA) is 35.2 Å². The molecular formula is C14H14FNO. The Labute approximate surface area is 99.8 Å². The summed E-state index contributed by atoms with van der Waals surface area (Å²) in [5.74, 6) is 0.437. The molecule has 0 spiro atoms. The molecule has 0 amide bonds. The van der Waals surface area contributed by atoms with Crippen LogP contribution in [0.15, 0.2) is 42.5 Å². The number of nitrogen functional groups attached to an aromatic ring is 1. The molecule has 0 radical (unpaired) electrons. The van der Waals surface area contributed by atoms with Crippen LogP contribution in [0.4, 0.5) is 10.1 Å². The van der Waals surface area contributed by atoms with Crippen LogP contribution < -0.4 is 10.5 Å². The number of aryl methyl sites for hydroxylation is 1. The van der Waals surface area contributed by atoms with Crippen molar-refractivity contribution in [3.05, 3.63) is 59.4 Å². The first-order valence-corrected chi connectivity index (χ1v) is 5.38. The van der Waals surface area contributed by atoms with Gasteiger partial charge >= 0.3 is 0 Å². The Kier molecular flexibility index (Phi) is 3.28. The maximum atomic E-state index is 12.9. The maximum Gasteiger partial charge on any atom is 0.123 e. The van der Waals surface area contributed by atoms with E-state index in [0.29, 0.717) is 18.0 Å². The van der Waals surface area contributed by atoms with E-state index in [1.165, 1.54) is 12.1 Å². The molecule has 2 nitrogen and oxygen atoms in total. The lowest BCUT2D eigenvalue weighted by Crippen LogP contribution is -1.97. The van der Waals surface area contributed by atoms with Gasteiger partial charge in [-0.05, 0) is 36.2 Å². The van der Waals surface area contributed by atoms with Crippen molar-refractivity contribution in [2.45, 2.75) is 13.5 Å². The highest BCUT2D eigenvalue weighted by atomic mass is 19.1.